The van der Waals surface area contributed by atoms with Crippen LogP contribution >= 0.6 is 23.2 Å². The molecule has 0 saturated carbocycles. The van der Waals surface area contributed by atoms with Gasteiger partial charge >= 0.3 is 0 Å². The minimum atomic E-state index is 0. The Hall–Kier alpha value is 0.813. The van der Waals surface area contributed by atoms with E-state index < -0.39 is 0 Å². The molecule has 0 saturated heterocycles. The van der Waals surface area contributed by atoms with E-state index in [0.29, 0.717) is 0 Å². The molecule has 0 N–H and O–H groups in total. The number of allylic oxidation sites excluding steroid dienone is 1. The molecule has 0 heterocycles. The summed E-state index contributed by atoms with van der Waals surface area (Å²) >= 11 is 10.0. The fourth-order valence-electron chi connectivity index (χ4n) is 0.0275. The largest absolute Gasteiger partial charge is 0.213 e. The number of hydrogen-bond acceptors (Lipinski definition) is 0. The predicted molar refractivity (Wildman–Crippen MR) is 25.1 cm³/mol. The van der Waals surface area contributed by atoms with E-state index in [1.807, 2.05) is 0 Å². The van der Waals surface area contributed by atoms with E-state index in [1.54, 1.807) is 0 Å². The van der Waals surface area contributed by atoms with E-state index in [-0.39, 0.29) is 19.5 Å². The van der Waals surface area contributed by atoms with Crippen LogP contribution in [0.25, 0.3) is 0 Å². The van der Waals surface area contributed by atoms with Crippen molar-refractivity contribution < 1.29 is 19.5 Å². The SMILES string of the molecule is ClC=C[CH-]Cl.[Zn]. The van der Waals surface area contributed by atoms with Gasteiger partial charge in [-0.3, -0.25) is 0 Å². The van der Waals surface area contributed by atoms with Gasteiger partial charge in [-0.25, -0.2) is 29.3 Å². The fraction of sp³-hybridized carbons (Fsp3) is 0. The van der Waals surface area contributed by atoms with Gasteiger partial charge in [-0.1, -0.05) is 0 Å². The monoisotopic (exact) mass is 173 g/mol. The summed E-state index contributed by atoms with van der Waals surface area (Å²) in [6.07, 6.45) is 1.53. The Labute approximate surface area is 60.3 Å². The second-order valence-corrected chi connectivity index (χ2v) is 0.948. The molecule has 0 amide bonds. The molecular weight excluding hydrogens is 172 g/mol. The number of halogens is 2. The molecule has 0 atom stereocenters. The molecule has 6 heavy (non-hydrogen) atoms. The van der Waals surface area contributed by atoms with Crippen molar-refractivity contribution in [3.05, 3.63) is 17.5 Å². The van der Waals surface area contributed by atoms with E-state index in [2.05, 4.69) is 0 Å². The van der Waals surface area contributed by atoms with Crippen molar-refractivity contribution in [1.29, 1.82) is 0 Å². The summed E-state index contributed by atoms with van der Waals surface area (Å²) in [5, 5.41) is 0. The zero-order valence-corrected chi connectivity index (χ0v) is 7.67. The van der Waals surface area contributed by atoms with Crippen LogP contribution in [0.5, 0.6) is 0 Å². The summed E-state index contributed by atoms with van der Waals surface area (Å²) in [5.41, 5.74) is 1.34. The molecule has 0 spiro atoms. The van der Waals surface area contributed by atoms with E-state index >= 15 is 0 Å². The van der Waals surface area contributed by atoms with E-state index in [1.165, 1.54) is 17.5 Å². The van der Waals surface area contributed by atoms with Gasteiger partial charge in [-0.2, -0.15) is 0 Å². The van der Waals surface area contributed by atoms with Crippen molar-refractivity contribution in [2.24, 2.45) is 0 Å². The van der Waals surface area contributed by atoms with Crippen LogP contribution in [0.1, 0.15) is 0 Å². The predicted octanol–water partition coefficient (Wildman–Crippen LogP) is 2.14. The Morgan fingerprint density at radius 1 is 1.50 bits per heavy atom. The minimum Gasteiger partial charge on any atom is -0.213 e. The van der Waals surface area contributed by atoms with E-state index in [9.17, 15) is 0 Å². The first-order chi connectivity index (χ1) is 2.41. The summed E-state index contributed by atoms with van der Waals surface area (Å²) in [6.45, 7) is 0. The van der Waals surface area contributed by atoms with Crippen LogP contribution < -0.4 is 0 Å². The van der Waals surface area contributed by atoms with Crippen molar-refractivity contribution >= 4 is 23.2 Å². The van der Waals surface area contributed by atoms with Crippen LogP contribution in [0.4, 0.5) is 0 Å². The van der Waals surface area contributed by atoms with Gasteiger partial charge in [-0.15, -0.1) is 11.4 Å². The average molecular weight is 175 g/mol. The van der Waals surface area contributed by atoms with E-state index in [0.717, 1.165) is 0 Å². The van der Waals surface area contributed by atoms with Gasteiger partial charge < -0.3 is 0 Å². The molecular formula is C3H3Cl2Zn-. The van der Waals surface area contributed by atoms with Gasteiger partial charge in [0.05, 0.1) is 0 Å². The molecule has 32 valence electrons. The van der Waals surface area contributed by atoms with Crippen molar-refractivity contribution in [2.75, 3.05) is 0 Å². The summed E-state index contributed by atoms with van der Waals surface area (Å²) < 4.78 is 0. The van der Waals surface area contributed by atoms with Crippen molar-refractivity contribution in [3.63, 3.8) is 0 Å². The van der Waals surface area contributed by atoms with E-state index in [4.69, 9.17) is 23.2 Å². The Bertz CT molecular complexity index is 35.8. The Morgan fingerprint density at radius 3 is 2.00 bits per heavy atom. The third-order valence-corrected chi connectivity index (χ3v) is 0.436. The minimum absolute atomic E-state index is 0. The molecule has 0 unspecified atom stereocenters. The maximum absolute atomic E-state index is 5.01. The number of rotatable bonds is 1. The molecule has 3 heteroatoms. The molecule has 0 fully saturated rings. The first-order valence-electron chi connectivity index (χ1n) is 1.10. The van der Waals surface area contributed by atoms with Crippen LogP contribution in [0, 0.1) is 5.88 Å². The van der Waals surface area contributed by atoms with Crippen molar-refractivity contribution in [1.82, 2.24) is 0 Å². The van der Waals surface area contributed by atoms with Crippen LogP contribution in [0.3, 0.4) is 0 Å². The van der Waals surface area contributed by atoms with Gasteiger partial charge in [0, 0.05) is 19.5 Å². The molecule has 0 aliphatic rings. The summed E-state index contributed by atoms with van der Waals surface area (Å²) in [6, 6.07) is 0. The van der Waals surface area contributed by atoms with Gasteiger partial charge in [0.25, 0.3) is 0 Å². The zero-order valence-electron chi connectivity index (χ0n) is 3.20. The number of hydrogen-bond donors (Lipinski definition) is 0. The maximum Gasteiger partial charge on any atom is 0 e. The first-order valence-corrected chi connectivity index (χ1v) is 1.98. The molecule has 0 aromatic heterocycles. The van der Waals surface area contributed by atoms with Crippen molar-refractivity contribution in [3.8, 4) is 0 Å². The Morgan fingerprint density at radius 2 is 2.00 bits per heavy atom. The summed E-state index contributed by atoms with van der Waals surface area (Å²) in [4.78, 5) is 0. The van der Waals surface area contributed by atoms with Gasteiger partial charge in [0.1, 0.15) is 0 Å². The summed E-state index contributed by atoms with van der Waals surface area (Å²) in [5.74, 6) is 1.34. The molecule has 0 aromatic rings. The van der Waals surface area contributed by atoms with Crippen molar-refractivity contribution in [2.45, 2.75) is 0 Å². The standard InChI is InChI=1S/C3H3Cl2.Zn/c4-2-1-3-5;/h1-3H;/q-1;. The third-order valence-electron chi connectivity index (χ3n) is 0.145. The van der Waals surface area contributed by atoms with Gasteiger partial charge in [0.2, 0.25) is 0 Å². The second kappa shape index (κ2) is 9.26. The third kappa shape index (κ3) is 8.84. The smallest absolute Gasteiger partial charge is 0 e. The Balaban J connectivity index is 0. The molecule has 0 rings (SSSR count). The Kier molecular flexibility index (Phi) is 15.3. The molecule has 0 aliphatic heterocycles. The topological polar surface area (TPSA) is 0 Å². The average Bonchev–Trinajstić information content (AvgIpc) is 1.41. The quantitative estimate of drug-likeness (QED) is 0.423. The van der Waals surface area contributed by atoms with Crippen LogP contribution in [0.2, 0.25) is 0 Å². The molecule has 0 nitrogen and oxygen atoms in total. The molecule has 0 bridgehead atoms. The molecule has 0 aromatic carbocycles. The maximum atomic E-state index is 5.01. The van der Waals surface area contributed by atoms with Crippen LogP contribution in [-0.4, -0.2) is 0 Å². The first kappa shape index (κ1) is 9.94. The normalized spacial score (nSPS) is 7.67. The van der Waals surface area contributed by atoms with Crippen LogP contribution in [0.15, 0.2) is 11.6 Å². The zero-order chi connectivity index (χ0) is 4.12. The van der Waals surface area contributed by atoms with Gasteiger partial charge in [0.15, 0.2) is 0 Å². The fourth-order valence-corrected chi connectivity index (χ4v) is 0.247. The van der Waals surface area contributed by atoms with Gasteiger partial charge in [-0.05, 0) is 0 Å². The summed E-state index contributed by atoms with van der Waals surface area (Å²) in [7, 11) is 0. The second-order valence-electron chi connectivity index (χ2n) is 0.444. The van der Waals surface area contributed by atoms with Crippen LogP contribution in [-0.2, 0) is 19.5 Å². The molecule has 0 aliphatic carbocycles. The molecule has 0 radical (unpaired) electrons.